The van der Waals surface area contributed by atoms with Crippen molar-refractivity contribution in [3.05, 3.63) is 133 Å². The Hall–Kier alpha value is -5.93. The number of phenolic OH excluding ortho intramolecular Hbond substituents is 1. The van der Waals surface area contributed by atoms with Crippen LogP contribution in [0.15, 0.2) is 93.3 Å². The first kappa shape index (κ1) is 38.0. The number of ether oxygens (including phenoxy) is 2. The van der Waals surface area contributed by atoms with Crippen molar-refractivity contribution in [2.45, 2.75) is 54.1 Å². The fourth-order valence-corrected chi connectivity index (χ4v) is 9.41. The van der Waals surface area contributed by atoms with E-state index < -0.39 is 62.7 Å². The number of para-hydroxylation sites is 1. The number of amides is 2. The number of aryl methyl sites for hydroxylation is 2. The number of benzene rings is 3. The highest BCUT2D eigenvalue weighted by Crippen LogP contribution is 2.64. The van der Waals surface area contributed by atoms with Crippen molar-refractivity contribution in [1.82, 2.24) is 23.5 Å². The molecule has 1 aliphatic carbocycles. The van der Waals surface area contributed by atoms with Crippen molar-refractivity contribution in [3.63, 3.8) is 0 Å². The normalized spacial score (nSPS) is 22.6. The van der Waals surface area contributed by atoms with Gasteiger partial charge in [0, 0.05) is 50.0 Å². The summed E-state index contributed by atoms with van der Waals surface area (Å²) in [6.45, 7) is 3.39. The highest BCUT2D eigenvalue weighted by atomic mass is 35.5. The minimum Gasteiger partial charge on any atom is -0.507 e. The monoisotopic (exact) mass is 816 g/mol. The summed E-state index contributed by atoms with van der Waals surface area (Å²) in [7, 11) is 4.52. The predicted molar refractivity (Wildman–Crippen MR) is 209 cm³/mol. The van der Waals surface area contributed by atoms with Crippen LogP contribution in [0, 0.1) is 5.82 Å². The maximum absolute atomic E-state index is 14.6. The smallest absolute Gasteiger partial charge is 0.347 e. The number of rotatable bonds is 9. The molecule has 2 aliphatic heterocycles. The van der Waals surface area contributed by atoms with Crippen LogP contribution in [0.4, 0.5) is 10.1 Å². The maximum atomic E-state index is 14.6. The van der Waals surface area contributed by atoms with Crippen molar-refractivity contribution in [2.75, 3.05) is 19.1 Å². The Morgan fingerprint density at radius 3 is 2.39 bits per heavy atom. The van der Waals surface area contributed by atoms with Crippen LogP contribution in [0.5, 0.6) is 17.2 Å². The number of anilines is 1. The fourth-order valence-electron chi connectivity index (χ4n) is 8.50. The molecule has 2 amide bonds. The average molecular weight is 818 g/mol. The Balaban J connectivity index is 1.24. The zero-order valence-corrected chi connectivity index (χ0v) is 32.4. The van der Waals surface area contributed by atoms with Crippen LogP contribution < -0.4 is 31.3 Å². The Kier molecular flexibility index (Phi) is 9.08. The number of allylic oxidation sites excluding steroid dienone is 3. The van der Waals surface area contributed by atoms with E-state index in [1.807, 2.05) is 0 Å². The molecule has 4 unspecified atom stereocenters. The molecule has 57 heavy (non-hydrogen) atoms. The molecule has 294 valence electrons. The van der Waals surface area contributed by atoms with Crippen molar-refractivity contribution in [1.29, 1.82) is 0 Å². The molecule has 14 nitrogen and oxygen atoms in total. The third kappa shape index (κ3) is 5.35. The Morgan fingerprint density at radius 1 is 1.00 bits per heavy atom. The number of nitrogens with zero attached hydrogens (tertiary/aromatic N) is 6. The van der Waals surface area contributed by atoms with Crippen LogP contribution in [0.3, 0.4) is 0 Å². The molecule has 5 aromatic rings. The number of aromatic nitrogens is 5. The van der Waals surface area contributed by atoms with E-state index in [9.17, 15) is 33.5 Å². The molecule has 1 N–H and O–H groups in total. The minimum absolute atomic E-state index is 0.0208. The summed E-state index contributed by atoms with van der Waals surface area (Å²) in [5, 5.41) is 11.7. The number of hydrogen-bond donors (Lipinski definition) is 1. The van der Waals surface area contributed by atoms with Gasteiger partial charge in [-0.3, -0.25) is 14.4 Å². The number of carbonyl (C=O) groups excluding carboxylic acids is 2. The molecule has 4 heterocycles. The molecule has 17 heteroatoms. The number of alkyl halides is 2. The molecular weight excluding hydrogens is 782 g/mol. The summed E-state index contributed by atoms with van der Waals surface area (Å²) in [5.74, 6) is -3.12. The Bertz CT molecular complexity index is 2770. The molecule has 2 aromatic heterocycles. The van der Waals surface area contributed by atoms with E-state index in [0.717, 1.165) is 21.6 Å². The second-order valence-corrected chi connectivity index (χ2v) is 15.4. The summed E-state index contributed by atoms with van der Waals surface area (Å²) in [6, 6.07) is 11.7. The summed E-state index contributed by atoms with van der Waals surface area (Å²) in [6.07, 6.45) is 2.99. The largest absolute Gasteiger partial charge is 0.507 e. The number of methoxy groups -OCH3 is 2. The van der Waals surface area contributed by atoms with Crippen LogP contribution in [0.2, 0.25) is 0 Å². The van der Waals surface area contributed by atoms with E-state index >= 15 is 0 Å². The standard InChI is InChI=1S/C40H35Cl2FN6O8/c1-5-7-21-8-6-9-25(33(21)50)32-24-14-17-47-37(54)46(16-15-26-34(51)45(2)28-19-31(57-4)30(56-3)18-27(28)44-26)38(55)49(47)29(24)20-39(41)35(52)48(36(53)40(32,39)42)23-12-10-22(43)11-13-23/h5-6,8-14,18-19,29,32,50H,1,7,15-17,20H2,2-4H3. The molecule has 3 aromatic carbocycles. The van der Waals surface area contributed by atoms with Gasteiger partial charge in [-0.05, 0) is 41.8 Å². The molecule has 0 radical (unpaired) electrons. The van der Waals surface area contributed by atoms with Gasteiger partial charge in [-0.2, -0.15) is 0 Å². The zero-order chi connectivity index (χ0) is 40.7. The van der Waals surface area contributed by atoms with E-state index in [1.165, 1.54) is 40.3 Å². The van der Waals surface area contributed by atoms with Gasteiger partial charge in [0.1, 0.15) is 17.3 Å². The minimum atomic E-state index is -2.25. The van der Waals surface area contributed by atoms with E-state index in [-0.39, 0.29) is 48.6 Å². The quantitative estimate of drug-likeness (QED) is 0.131. The van der Waals surface area contributed by atoms with Gasteiger partial charge >= 0.3 is 11.4 Å². The molecular formula is C40H35Cl2FN6O8. The van der Waals surface area contributed by atoms with E-state index in [2.05, 4.69) is 11.6 Å². The number of halogens is 3. The first-order valence-electron chi connectivity index (χ1n) is 17.9. The van der Waals surface area contributed by atoms with Gasteiger partial charge < -0.3 is 19.1 Å². The summed E-state index contributed by atoms with van der Waals surface area (Å²) < 4.78 is 29.5. The Morgan fingerprint density at radius 2 is 1.70 bits per heavy atom. The number of aromatic hydroxyl groups is 1. The van der Waals surface area contributed by atoms with Crippen LogP contribution >= 0.6 is 23.2 Å². The van der Waals surface area contributed by atoms with Crippen molar-refractivity contribution in [3.8, 4) is 17.2 Å². The second kappa shape index (κ2) is 13.6. The third-order valence-corrected chi connectivity index (χ3v) is 12.7. The number of imide groups is 1. The molecule has 1 saturated heterocycles. The summed E-state index contributed by atoms with van der Waals surface area (Å²) in [4.78, 5) is 71.9. The lowest BCUT2D eigenvalue weighted by atomic mass is 9.64. The van der Waals surface area contributed by atoms with Gasteiger partial charge in [0.25, 0.3) is 17.4 Å². The van der Waals surface area contributed by atoms with Crippen LogP contribution in [-0.2, 0) is 42.6 Å². The first-order chi connectivity index (χ1) is 27.2. The molecule has 0 bridgehead atoms. The van der Waals surface area contributed by atoms with Crippen LogP contribution in [-0.4, -0.2) is 64.4 Å². The van der Waals surface area contributed by atoms with Gasteiger partial charge in [-0.15, -0.1) is 29.8 Å². The van der Waals surface area contributed by atoms with Crippen molar-refractivity contribution < 1.29 is 28.6 Å². The fraction of sp³-hybridized carbons (Fsp3) is 0.300. The SMILES string of the molecule is C=CCc1cccc(C2C3=CCn4c(=O)n(CCc5nc6cc(OC)c(OC)cc6n(C)c5=O)c(=O)n4C3CC3(Cl)C(=O)N(c4ccc(F)cc4)C(=O)C23Cl)c1O. The predicted octanol–water partition coefficient (Wildman–Crippen LogP) is 4.09. The van der Waals surface area contributed by atoms with Gasteiger partial charge in [-0.1, -0.05) is 30.4 Å². The Labute approximate surface area is 333 Å². The zero-order valence-electron chi connectivity index (χ0n) is 30.9. The van der Waals surface area contributed by atoms with E-state index in [0.29, 0.717) is 33.7 Å². The van der Waals surface area contributed by atoms with E-state index in [4.69, 9.17) is 32.7 Å². The van der Waals surface area contributed by atoms with Gasteiger partial charge in [-0.25, -0.2) is 37.8 Å². The lowest BCUT2D eigenvalue weighted by molar-refractivity contribution is -0.122. The second-order valence-electron chi connectivity index (χ2n) is 14.2. The van der Waals surface area contributed by atoms with Crippen LogP contribution in [0.25, 0.3) is 11.0 Å². The molecule has 0 spiro atoms. The van der Waals surface area contributed by atoms with Crippen molar-refractivity contribution in [2.24, 2.45) is 7.05 Å². The van der Waals surface area contributed by atoms with E-state index in [1.54, 1.807) is 49.5 Å². The average Bonchev–Trinajstić information content (AvgIpc) is 3.53. The molecule has 2 fully saturated rings. The summed E-state index contributed by atoms with van der Waals surface area (Å²) >= 11 is 14.8. The molecule has 3 aliphatic rings. The number of carbonyl (C=O) groups is 2. The van der Waals surface area contributed by atoms with Crippen molar-refractivity contribution >= 4 is 51.7 Å². The molecule has 1 saturated carbocycles. The number of hydrogen-bond acceptors (Lipinski definition) is 9. The van der Waals surface area contributed by atoms with Gasteiger partial charge in [0.05, 0.1) is 43.5 Å². The van der Waals surface area contributed by atoms with Crippen LogP contribution in [0.1, 0.15) is 35.2 Å². The third-order valence-electron chi connectivity index (χ3n) is 11.3. The maximum Gasteiger partial charge on any atom is 0.347 e. The topological polar surface area (TPSA) is 160 Å². The van der Waals surface area contributed by atoms with Gasteiger partial charge in [0.15, 0.2) is 21.2 Å². The highest BCUT2D eigenvalue weighted by molar-refractivity contribution is 6.58. The molecule has 4 atom stereocenters. The lowest BCUT2D eigenvalue weighted by Gasteiger charge is -2.49. The summed E-state index contributed by atoms with van der Waals surface area (Å²) in [5.41, 5.74) is 0.118. The number of fused-ring (bicyclic) bond motifs is 5. The lowest BCUT2D eigenvalue weighted by Crippen LogP contribution is -2.59. The first-order valence-corrected chi connectivity index (χ1v) is 18.6. The highest BCUT2D eigenvalue weighted by Gasteiger charge is 2.76. The molecule has 8 rings (SSSR count). The van der Waals surface area contributed by atoms with Gasteiger partial charge in [0.2, 0.25) is 0 Å². The number of phenols is 1.